The molecule has 0 fully saturated rings. The highest BCUT2D eigenvalue weighted by Crippen LogP contribution is 2.22. The summed E-state index contributed by atoms with van der Waals surface area (Å²) in [4.78, 5) is 3.98. The molecule has 2 aromatic rings. The van der Waals surface area contributed by atoms with Crippen LogP contribution < -0.4 is 15.2 Å². The van der Waals surface area contributed by atoms with Crippen LogP contribution in [0.5, 0.6) is 11.5 Å². The van der Waals surface area contributed by atoms with Gasteiger partial charge in [-0.15, -0.1) is 0 Å². The summed E-state index contributed by atoms with van der Waals surface area (Å²) in [6.45, 7) is 0.426. The molecule has 0 radical (unpaired) electrons. The number of methoxy groups -OCH3 is 1. The van der Waals surface area contributed by atoms with Gasteiger partial charge in [0.15, 0.2) is 0 Å². The summed E-state index contributed by atoms with van der Waals surface area (Å²) in [5.41, 5.74) is 7.30. The fraction of sp³-hybridized carbons (Fsp3) is 0.154. The lowest BCUT2D eigenvalue weighted by molar-refractivity contribution is 0.295. The normalized spacial score (nSPS) is 9.94. The molecule has 88 valence electrons. The zero-order valence-electron chi connectivity index (χ0n) is 9.59. The number of rotatable bonds is 4. The molecule has 0 saturated heterocycles. The van der Waals surface area contributed by atoms with Crippen molar-refractivity contribution in [1.29, 1.82) is 0 Å². The minimum atomic E-state index is 0.426. The smallest absolute Gasteiger partial charge is 0.138 e. The van der Waals surface area contributed by atoms with Crippen molar-refractivity contribution in [2.45, 2.75) is 6.61 Å². The molecule has 2 N–H and O–H groups in total. The lowest BCUT2D eigenvalue weighted by Crippen LogP contribution is -1.99. The van der Waals surface area contributed by atoms with Crippen molar-refractivity contribution in [3.05, 3.63) is 48.3 Å². The van der Waals surface area contributed by atoms with E-state index in [1.165, 1.54) is 0 Å². The molecular weight excluding hydrogens is 216 g/mol. The van der Waals surface area contributed by atoms with E-state index in [-0.39, 0.29) is 0 Å². The summed E-state index contributed by atoms with van der Waals surface area (Å²) >= 11 is 0. The van der Waals surface area contributed by atoms with E-state index in [4.69, 9.17) is 15.2 Å². The fourth-order valence-corrected chi connectivity index (χ4v) is 1.47. The Morgan fingerprint density at radius 1 is 1.29 bits per heavy atom. The molecule has 0 amide bonds. The van der Waals surface area contributed by atoms with Gasteiger partial charge in [-0.05, 0) is 24.3 Å². The third-order valence-corrected chi connectivity index (χ3v) is 2.34. The molecule has 0 aliphatic carbocycles. The Hall–Kier alpha value is -2.23. The van der Waals surface area contributed by atoms with Gasteiger partial charge in [-0.3, -0.25) is 4.98 Å². The number of nitrogens with two attached hydrogens (primary N) is 1. The van der Waals surface area contributed by atoms with Gasteiger partial charge >= 0.3 is 0 Å². The average Bonchev–Trinajstić information content (AvgIpc) is 2.38. The maximum atomic E-state index is 5.68. The van der Waals surface area contributed by atoms with Crippen molar-refractivity contribution in [2.75, 3.05) is 12.8 Å². The molecular formula is C13H14N2O2. The summed E-state index contributed by atoms with van der Waals surface area (Å²) in [6, 6.07) is 9.18. The van der Waals surface area contributed by atoms with Crippen LogP contribution in [0.25, 0.3) is 0 Å². The monoisotopic (exact) mass is 230 g/mol. The number of pyridine rings is 1. The molecule has 0 bridgehead atoms. The lowest BCUT2D eigenvalue weighted by Gasteiger charge is -2.10. The number of benzene rings is 1. The van der Waals surface area contributed by atoms with Crippen molar-refractivity contribution >= 4 is 5.69 Å². The molecule has 1 aromatic heterocycles. The van der Waals surface area contributed by atoms with E-state index in [1.54, 1.807) is 25.6 Å². The minimum Gasteiger partial charge on any atom is -0.496 e. The van der Waals surface area contributed by atoms with Gasteiger partial charge < -0.3 is 15.2 Å². The Kier molecular flexibility index (Phi) is 3.45. The minimum absolute atomic E-state index is 0.426. The molecule has 0 aliphatic rings. The SMILES string of the molecule is COc1cc(N)ccc1COc1cccnc1. The van der Waals surface area contributed by atoms with Gasteiger partial charge in [-0.1, -0.05) is 0 Å². The second-order valence-electron chi connectivity index (χ2n) is 3.55. The Balaban J connectivity index is 2.09. The third-order valence-electron chi connectivity index (χ3n) is 2.34. The van der Waals surface area contributed by atoms with Gasteiger partial charge in [0.25, 0.3) is 0 Å². The number of nitrogen functional groups attached to an aromatic ring is 1. The maximum absolute atomic E-state index is 5.68. The molecule has 17 heavy (non-hydrogen) atoms. The predicted octanol–water partition coefficient (Wildman–Crippen LogP) is 2.25. The second-order valence-corrected chi connectivity index (χ2v) is 3.55. The van der Waals surface area contributed by atoms with Crippen molar-refractivity contribution in [3.8, 4) is 11.5 Å². The van der Waals surface area contributed by atoms with Gasteiger partial charge in [0.05, 0.1) is 13.3 Å². The number of hydrogen-bond acceptors (Lipinski definition) is 4. The summed E-state index contributed by atoms with van der Waals surface area (Å²) in [6.07, 6.45) is 3.38. The Labute approximate surface area is 100 Å². The molecule has 1 heterocycles. The molecule has 4 heteroatoms. The van der Waals surface area contributed by atoms with Crippen LogP contribution in [0.4, 0.5) is 5.69 Å². The van der Waals surface area contributed by atoms with Crippen LogP contribution >= 0.6 is 0 Å². The van der Waals surface area contributed by atoms with Gasteiger partial charge in [-0.2, -0.15) is 0 Å². The van der Waals surface area contributed by atoms with E-state index < -0.39 is 0 Å². The first-order chi connectivity index (χ1) is 8.29. The quantitative estimate of drug-likeness (QED) is 0.818. The van der Waals surface area contributed by atoms with E-state index in [0.29, 0.717) is 12.3 Å². The first-order valence-electron chi connectivity index (χ1n) is 5.25. The standard InChI is InChI=1S/C13H14N2O2/c1-16-13-7-11(14)5-4-10(13)9-17-12-3-2-6-15-8-12/h2-8H,9,14H2,1H3. The van der Waals surface area contributed by atoms with Crippen LogP contribution in [0.3, 0.4) is 0 Å². The molecule has 0 unspecified atom stereocenters. The molecule has 0 spiro atoms. The second kappa shape index (κ2) is 5.21. The van der Waals surface area contributed by atoms with Crippen LogP contribution in [0.2, 0.25) is 0 Å². The van der Waals surface area contributed by atoms with Crippen LogP contribution in [0, 0.1) is 0 Å². The highest BCUT2D eigenvalue weighted by atomic mass is 16.5. The fourth-order valence-electron chi connectivity index (χ4n) is 1.47. The van der Waals surface area contributed by atoms with Crippen molar-refractivity contribution in [2.24, 2.45) is 0 Å². The van der Waals surface area contributed by atoms with E-state index in [0.717, 1.165) is 17.1 Å². The zero-order chi connectivity index (χ0) is 12.1. The summed E-state index contributed by atoms with van der Waals surface area (Å²) in [7, 11) is 1.61. The first kappa shape index (κ1) is 11.3. The topological polar surface area (TPSA) is 57.4 Å². The van der Waals surface area contributed by atoms with Gasteiger partial charge in [0.1, 0.15) is 18.1 Å². The summed E-state index contributed by atoms with van der Waals surface area (Å²) in [5.74, 6) is 1.46. The van der Waals surface area contributed by atoms with Crippen molar-refractivity contribution in [1.82, 2.24) is 4.98 Å². The number of anilines is 1. The Bertz CT molecular complexity index is 486. The van der Waals surface area contributed by atoms with Crippen LogP contribution in [-0.2, 0) is 6.61 Å². The zero-order valence-corrected chi connectivity index (χ0v) is 9.59. The predicted molar refractivity (Wildman–Crippen MR) is 66.0 cm³/mol. The number of nitrogens with zero attached hydrogens (tertiary/aromatic N) is 1. The van der Waals surface area contributed by atoms with Crippen LogP contribution in [0.15, 0.2) is 42.7 Å². The summed E-state index contributed by atoms with van der Waals surface area (Å²) in [5, 5.41) is 0. The molecule has 1 aromatic carbocycles. The number of hydrogen-bond donors (Lipinski definition) is 1. The molecule has 2 rings (SSSR count). The Morgan fingerprint density at radius 3 is 2.88 bits per heavy atom. The molecule has 4 nitrogen and oxygen atoms in total. The van der Waals surface area contributed by atoms with Crippen molar-refractivity contribution < 1.29 is 9.47 Å². The number of aromatic nitrogens is 1. The third kappa shape index (κ3) is 2.87. The highest BCUT2D eigenvalue weighted by molar-refractivity contribution is 5.48. The lowest BCUT2D eigenvalue weighted by atomic mass is 10.2. The van der Waals surface area contributed by atoms with Crippen LogP contribution in [0.1, 0.15) is 5.56 Å². The maximum Gasteiger partial charge on any atom is 0.138 e. The van der Waals surface area contributed by atoms with Gasteiger partial charge in [0.2, 0.25) is 0 Å². The van der Waals surface area contributed by atoms with E-state index >= 15 is 0 Å². The average molecular weight is 230 g/mol. The summed E-state index contributed by atoms with van der Waals surface area (Å²) < 4.78 is 10.8. The number of ether oxygens (including phenoxy) is 2. The first-order valence-corrected chi connectivity index (χ1v) is 5.25. The van der Waals surface area contributed by atoms with Crippen molar-refractivity contribution in [3.63, 3.8) is 0 Å². The Morgan fingerprint density at radius 2 is 2.18 bits per heavy atom. The van der Waals surface area contributed by atoms with E-state index in [1.807, 2.05) is 24.3 Å². The van der Waals surface area contributed by atoms with Gasteiger partial charge in [-0.25, -0.2) is 0 Å². The highest BCUT2D eigenvalue weighted by Gasteiger charge is 2.04. The molecule has 0 aliphatic heterocycles. The van der Waals surface area contributed by atoms with E-state index in [2.05, 4.69) is 4.98 Å². The van der Waals surface area contributed by atoms with Gasteiger partial charge in [0, 0.05) is 23.5 Å². The molecule has 0 saturated carbocycles. The largest absolute Gasteiger partial charge is 0.496 e. The van der Waals surface area contributed by atoms with Crippen LogP contribution in [-0.4, -0.2) is 12.1 Å². The van der Waals surface area contributed by atoms with E-state index in [9.17, 15) is 0 Å². The molecule has 0 atom stereocenters.